The third-order valence-electron chi connectivity index (χ3n) is 4.16. The molecule has 1 aromatic carbocycles. The van der Waals surface area contributed by atoms with E-state index in [0.717, 1.165) is 12.8 Å². The van der Waals surface area contributed by atoms with Gasteiger partial charge in [0, 0.05) is 32.0 Å². The Bertz CT molecular complexity index is 951. The van der Waals surface area contributed by atoms with Crippen LogP contribution in [0.3, 0.4) is 0 Å². The number of amides is 1. The highest BCUT2D eigenvalue weighted by atomic mass is 32.2. The smallest absolute Gasteiger partial charge is 0.272 e. The van der Waals surface area contributed by atoms with E-state index in [2.05, 4.69) is 5.32 Å². The van der Waals surface area contributed by atoms with E-state index in [9.17, 15) is 13.2 Å². The van der Waals surface area contributed by atoms with Gasteiger partial charge in [0.15, 0.2) is 0 Å². The zero-order chi connectivity index (χ0) is 18.0. The fourth-order valence-corrected chi connectivity index (χ4v) is 4.43. The molecule has 1 N–H and O–H groups in total. The SMILES string of the molecule is Cn1cc(S(=O)(=O)N2CCCC2)cc1C(=O)Nc1cccc(C#N)c1. The van der Waals surface area contributed by atoms with Crippen LogP contribution in [0, 0.1) is 11.3 Å². The molecule has 1 aliphatic rings. The third-order valence-corrected chi connectivity index (χ3v) is 6.03. The normalized spacial score (nSPS) is 15.0. The van der Waals surface area contributed by atoms with Crippen LogP contribution in [-0.4, -0.2) is 36.3 Å². The number of nitriles is 1. The lowest BCUT2D eigenvalue weighted by Crippen LogP contribution is -2.27. The first-order valence-corrected chi connectivity index (χ1v) is 9.34. The van der Waals surface area contributed by atoms with E-state index in [0.29, 0.717) is 24.3 Å². The van der Waals surface area contributed by atoms with E-state index >= 15 is 0 Å². The lowest BCUT2D eigenvalue weighted by atomic mass is 10.2. The van der Waals surface area contributed by atoms with Crippen LogP contribution in [0.2, 0.25) is 0 Å². The minimum absolute atomic E-state index is 0.118. The molecule has 1 amide bonds. The Morgan fingerprint density at radius 1 is 1.24 bits per heavy atom. The molecule has 7 nitrogen and oxygen atoms in total. The van der Waals surface area contributed by atoms with Crippen molar-refractivity contribution in [2.45, 2.75) is 17.7 Å². The first kappa shape index (κ1) is 17.2. The lowest BCUT2D eigenvalue weighted by Gasteiger charge is -2.13. The van der Waals surface area contributed by atoms with Crippen molar-refractivity contribution in [3.63, 3.8) is 0 Å². The molecule has 1 fully saturated rings. The third kappa shape index (κ3) is 3.43. The summed E-state index contributed by atoms with van der Waals surface area (Å²) in [5.41, 5.74) is 1.15. The van der Waals surface area contributed by atoms with Gasteiger partial charge in [0.2, 0.25) is 10.0 Å². The van der Waals surface area contributed by atoms with Crippen molar-refractivity contribution >= 4 is 21.6 Å². The highest BCUT2D eigenvalue weighted by molar-refractivity contribution is 7.89. The number of anilines is 1. The van der Waals surface area contributed by atoms with E-state index in [1.54, 1.807) is 31.3 Å². The molecule has 2 aromatic rings. The second-order valence-electron chi connectivity index (χ2n) is 5.93. The van der Waals surface area contributed by atoms with Gasteiger partial charge in [-0.15, -0.1) is 0 Å². The van der Waals surface area contributed by atoms with E-state index in [4.69, 9.17) is 5.26 Å². The molecule has 3 rings (SSSR count). The van der Waals surface area contributed by atoms with Gasteiger partial charge >= 0.3 is 0 Å². The highest BCUT2D eigenvalue weighted by Crippen LogP contribution is 2.23. The number of hydrogen-bond donors (Lipinski definition) is 1. The molecular weight excluding hydrogens is 340 g/mol. The summed E-state index contributed by atoms with van der Waals surface area (Å²) in [6, 6.07) is 9.93. The average molecular weight is 358 g/mol. The molecule has 0 atom stereocenters. The van der Waals surface area contributed by atoms with Gasteiger partial charge < -0.3 is 9.88 Å². The average Bonchev–Trinajstić information content (AvgIpc) is 3.25. The summed E-state index contributed by atoms with van der Waals surface area (Å²) in [6.07, 6.45) is 3.16. The zero-order valence-corrected chi connectivity index (χ0v) is 14.6. The first-order valence-electron chi connectivity index (χ1n) is 7.90. The van der Waals surface area contributed by atoms with Crippen molar-refractivity contribution in [3.8, 4) is 6.07 Å². The van der Waals surface area contributed by atoms with Gasteiger partial charge in [-0.1, -0.05) is 6.07 Å². The molecule has 0 bridgehead atoms. The molecule has 130 valence electrons. The maximum atomic E-state index is 12.6. The summed E-state index contributed by atoms with van der Waals surface area (Å²) in [5.74, 6) is -0.430. The van der Waals surface area contributed by atoms with Crippen molar-refractivity contribution in [2.75, 3.05) is 18.4 Å². The van der Waals surface area contributed by atoms with Crippen LogP contribution in [0.4, 0.5) is 5.69 Å². The minimum Gasteiger partial charge on any atom is -0.345 e. The van der Waals surface area contributed by atoms with Crippen molar-refractivity contribution in [2.24, 2.45) is 7.05 Å². The Kier molecular flexibility index (Phi) is 4.61. The Morgan fingerprint density at radius 3 is 2.64 bits per heavy atom. The summed E-state index contributed by atoms with van der Waals surface area (Å²) >= 11 is 0. The van der Waals surface area contributed by atoms with E-state index in [-0.39, 0.29) is 10.6 Å². The van der Waals surface area contributed by atoms with Crippen molar-refractivity contribution in [1.29, 1.82) is 5.26 Å². The predicted octanol–water partition coefficient (Wildman–Crippen LogP) is 1.93. The molecule has 0 aliphatic carbocycles. The maximum Gasteiger partial charge on any atom is 0.272 e. The fourth-order valence-electron chi connectivity index (χ4n) is 2.84. The minimum atomic E-state index is -3.57. The van der Waals surface area contributed by atoms with Gasteiger partial charge in [-0.25, -0.2) is 8.42 Å². The number of carbonyl (C=O) groups is 1. The predicted molar refractivity (Wildman–Crippen MR) is 92.5 cm³/mol. The number of aromatic nitrogens is 1. The zero-order valence-electron chi connectivity index (χ0n) is 13.8. The van der Waals surface area contributed by atoms with Crippen LogP contribution in [0.5, 0.6) is 0 Å². The van der Waals surface area contributed by atoms with E-state index in [1.807, 2.05) is 6.07 Å². The van der Waals surface area contributed by atoms with Gasteiger partial charge in [0.05, 0.1) is 11.6 Å². The van der Waals surface area contributed by atoms with E-state index in [1.165, 1.54) is 21.1 Å². The molecule has 0 saturated carbocycles. The number of sulfonamides is 1. The second kappa shape index (κ2) is 6.70. The summed E-state index contributed by atoms with van der Waals surface area (Å²) in [7, 11) is -1.94. The van der Waals surface area contributed by atoms with Gasteiger partial charge in [-0.2, -0.15) is 9.57 Å². The number of carbonyl (C=O) groups excluding carboxylic acids is 1. The quantitative estimate of drug-likeness (QED) is 0.903. The van der Waals surface area contributed by atoms with Gasteiger partial charge in [-0.3, -0.25) is 4.79 Å². The van der Waals surface area contributed by atoms with Crippen LogP contribution in [0.1, 0.15) is 28.9 Å². The molecular formula is C17H18N4O3S. The van der Waals surface area contributed by atoms with E-state index < -0.39 is 15.9 Å². The number of benzene rings is 1. The number of nitrogens with one attached hydrogen (secondary N) is 1. The van der Waals surface area contributed by atoms with Gasteiger partial charge in [0.1, 0.15) is 10.6 Å². The molecule has 25 heavy (non-hydrogen) atoms. The molecule has 0 spiro atoms. The summed E-state index contributed by atoms with van der Waals surface area (Å²) in [6.45, 7) is 1.03. The maximum absolute atomic E-state index is 12.6. The van der Waals surface area contributed by atoms with Crippen LogP contribution in [0.25, 0.3) is 0 Å². The lowest BCUT2D eigenvalue weighted by molar-refractivity contribution is 0.101. The molecule has 1 aromatic heterocycles. The molecule has 1 saturated heterocycles. The van der Waals surface area contributed by atoms with Crippen LogP contribution < -0.4 is 5.32 Å². The standard InChI is InChI=1S/C17H18N4O3S/c1-20-12-15(25(23,24)21-7-2-3-8-21)10-16(20)17(22)19-14-6-4-5-13(9-14)11-18/h4-6,9-10,12H,2-3,7-8H2,1H3,(H,19,22). The molecule has 0 radical (unpaired) electrons. The molecule has 1 aliphatic heterocycles. The second-order valence-corrected chi connectivity index (χ2v) is 7.87. The number of aryl methyl sites for hydroxylation is 1. The molecule has 2 heterocycles. The van der Waals surface area contributed by atoms with Crippen molar-refractivity contribution < 1.29 is 13.2 Å². The monoisotopic (exact) mass is 358 g/mol. The summed E-state index contributed by atoms with van der Waals surface area (Å²) < 4.78 is 28.2. The Hall–Kier alpha value is -2.63. The number of hydrogen-bond acceptors (Lipinski definition) is 4. The molecule has 8 heteroatoms. The topological polar surface area (TPSA) is 95.2 Å². The van der Waals surface area contributed by atoms with Crippen LogP contribution in [0.15, 0.2) is 41.4 Å². The largest absolute Gasteiger partial charge is 0.345 e. The Labute approximate surface area is 146 Å². The van der Waals surface area contributed by atoms with Crippen LogP contribution in [-0.2, 0) is 17.1 Å². The van der Waals surface area contributed by atoms with Crippen LogP contribution >= 0.6 is 0 Å². The van der Waals surface area contributed by atoms with Gasteiger partial charge in [0.25, 0.3) is 5.91 Å². The van der Waals surface area contributed by atoms with Gasteiger partial charge in [-0.05, 0) is 37.1 Å². The summed E-state index contributed by atoms with van der Waals surface area (Å²) in [5, 5.41) is 11.6. The highest BCUT2D eigenvalue weighted by Gasteiger charge is 2.29. The molecule has 0 unspecified atom stereocenters. The summed E-state index contributed by atoms with van der Waals surface area (Å²) in [4.78, 5) is 12.6. The Morgan fingerprint density at radius 2 is 1.96 bits per heavy atom. The Balaban J connectivity index is 1.84. The first-order chi connectivity index (χ1) is 11.9. The fraction of sp³-hybridized carbons (Fsp3) is 0.294. The number of rotatable bonds is 4. The van der Waals surface area contributed by atoms with Crippen molar-refractivity contribution in [3.05, 3.63) is 47.8 Å². The van der Waals surface area contributed by atoms with Crippen molar-refractivity contribution in [1.82, 2.24) is 8.87 Å². The number of nitrogens with zero attached hydrogens (tertiary/aromatic N) is 3.